The first-order valence-corrected chi connectivity index (χ1v) is 7.05. The Bertz CT molecular complexity index is 338. The second-order valence-electron chi connectivity index (χ2n) is 4.63. The second kappa shape index (κ2) is 7.62. The number of nitrogens with one attached hydrogen (secondary N) is 2. The summed E-state index contributed by atoms with van der Waals surface area (Å²) in [6, 6.07) is 8.28. The van der Waals surface area contributed by atoms with E-state index in [0.717, 1.165) is 36.4 Å². The van der Waals surface area contributed by atoms with Crippen LogP contribution in [0.2, 0.25) is 5.02 Å². The quantitative estimate of drug-likeness (QED) is 0.675. The van der Waals surface area contributed by atoms with Gasteiger partial charge in [0, 0.05) is 17.6 Å². The van der Waals surface area contributed by atoms with Crippen molar-refractivity contribution in [3.8, 4) is 5.75 Å². The normalized spacial score (nSPS) is 14.7. The molecule has 0 aromatic heterocycles. The fourth-order valence-electron chi connectivity index (χ4n) is 1.70. The first-order valence-electron chi connectivity index (χ1n) is 6.67. The minimum absolute atomic E-state index is 0.692. The largest absolute Gasteiger partial charge is 0.492 e. The van der Waals surface area contributed by atoms with Crippen molar-refractivity contribution in [3.63, 3.8) is 0 Å². The van der Waals surface area contributed by atoms with Crippen molar-refractivity contribution in [1.82, 2.24) is 10.6 Å². The standard InChI is InChI=1S/C14H21ClN2O/c15-12-2-6-14(7-3-12)18-11-10-16-8-1-9-17-13-4-5-13/h2-3,6-7,13,16-17H,1,4-5,8-11H2. The molecular formula is C14H21ClN2O. The minimum Gasteiger partial charge on any atom is -0.492 e. The van der Waals surface area contributed by atoms with Crippen LogP contribution in [0.1, 0.15) is 19.3 Å². The Morgan fingerprint density at radius 2 is 1.89 bits per heavy atom. The van der Waals surface area contributed by atoms with Crippen molar-refractivity contribution in [2.24, 2.45) is 0 Å². The monoisotopic (exact) mass is 268 g/mol. The summed E-state index contributed by atoms with van der Waals surface area (Å²) in [6.45, 7) is 3.74. The molecule has 4 heteroatoms. The van der Waals surface area contributed by atoms with Gasteiger partial charge in [-0.1, -0.05) is 11.6 Å². The molecule has 3 nitrogen and oxygen atoms in total. The molecular weight excluding hydrogens is 248 g/mol. The lowest BCUT2D eigenvalue weighted by Gasteiger charge is -2.08. The molecule has 2 rings (SSSR count). The molecule has 0 spiro atoms. The molecule has 1 aromatic carbocycles. The molecule has 100 valence electrons. The highest BCUT2D eigenvalue weighted by Gasteiger charge is 2.19. The van der Waals surface area contributed by atoms with Crippen LogP contribution in [0, 0.1) is 0 Å². The van der Waals surface area contributed by atoms with Crippen molar-refractivity contribution in [2.45, 2.75) is 25.3 Å². The Balaban J connectivity index is 1.42. The number of halogens is 1. The Labute approximate surface area is 114 Å². The van der Waals surface area contributed by atoms with E-state index < -0.39 is 0 Å². The number of hydrogen-bond acceptors (Lipinski definition) is 3. The molecule has 18 heavy (non-hydrogen) atoms. The van der Waals surface area contributed by atoms with Gasteiger partial charge in [-0.3, -0.25) is 0 Å². The van der Waals surface area contributed by atoms with Gasteiger partial charge in [-0.2, -0.15) is 0 Å². The highest BCUT2D eigenvalue weighted by atomic mass is 35.5. The van der Waals surface area contributed by atoms with Crippen LogP contribution in [0.4, 0.5) is 0 Å². The van der Waals surface area contributed by atoms with Crippen LogP contribution >= 0.6 is 11.6 Å². The van der Waals surface area contributed by atoms with E-state index in [1.807, 2.05) is 24.3 Å². The summed E-state index contributed by atoms with van der Waals surface area (Å²) in [5.74, 6) is 0.872. The molecule has 0 radical (unpaired) electrons. The lowest BCUT2D eigenvalue weighted by molar-refractivity contribution is 0.313. The van der Waals surface area contributed by atoms with Crippen LogP contribution in [-0.2, 0) is 0 Å². The van der Waals surface area contributed by atoms with Crippen LogP contribution in [0.15, 0.2) is 24.3 Å². The van der Waals surface area contributed by atoms with Gasteiger partial charge in [0.05, 0.1) is 0 Å². The minimum atomic E-state index is 0.692. The predicted molar refractivity (Wildman–Crippen MR) is 75.5 cm³/mol. The zero-order valence-electron chi connectivity index (χ0n) is 10.6. The lowest BCUT2D eigenvalue weighted by atomic mass is 10.3. The van der Waals surface area contributed by atoms with Crippen LogP contribution in [0.25, 0.3) is 0 Å². The fraction of sp³-hybridized carbons (Fsp3) is 0.571. The number of ether oxygens (including phenoxy) is 1. The van der Waals surface area contributed by atoms with Gasteiger partial charge in [0.15, 0.2) is 0 Å². The molecule has 1 aromatic rings. The van der Waals surface area contributed by atoms with Crippen LogP contribution < -0.4 is 15.4 Å². The van der Waals surface area contributed by atoms with Gasteiger partial charge < -0.3 is 15.4 Å². The highest BCUT2D eigenvalue weighted by Crippen LogP contribution is 2.18. The zero-order valence-corrected chi connectivity index (χ0v) is 11.4. The topological polar surface area (TPSA) is 33.3 Å². The zero-order chi connectivity index (χ0) is 12.6. The first-order chi connectivity index (χ1) is 8.84. The maximum absolute atomic E-state index is 5.80. The Morgan fingerprint density at radius 3 is 2.61 bits per heavy atom. The number of hydrogen-bond donors (Lipinski definition) is 2. The Morgan fingerprint density at radius 1 is 1.11 bits per heavy atom. The van der Waals surface area contributed by atoms with Gasteiger partial charge >= 0.3 is 0 Å². The highest BCUT2D eigenvalue weighted by molar-refractivity contribution is 6.30. The summed E-state index contributed by atoms with van der Waals surface area (Å²) in [5.41, 5.74) is 0. The molecule has 1 aliphatic rings. The van der Waals surface area contributed by atoms with E-state index in [4.69, 9.17) is 16.3 Å². The van der Waals surface area contributed by atoms with Crippen molar-refractivity contribution in [3.05, 3.63) is 29.3 Å². The van der Waals surface area contributed by atoms with Gasteiger partial charge in [0.2, 0.25) is 0 Å². The van der Waals surface area contributed by atoms with E-state index >= 15 is 0 Å². The SMILES string of the molecule is Clc1ccc(OCCNCCCNC2CC2)cc1. The van der Waals surface area contributed by atoms with Gasteiger partial charge in [0.25, 0.3) is 0 Å². The Hall–Kier alpha value is -0.770. The molecule has 1 aliphatic carbocycles. The lowest BCUT2D eigenvalue weighted by Crippen LogP contribution is -2.26. The molecule has 2 N–H and O–H groups in total. The summed E-state index contributed by atoms with van der Waals surface area (Å²) in [5, 5.41) is 7.60. The average molecular weight is 269 g/mol. The average Bonchev–Trinajstić information content (AvgIpc) is 3.19. The maximum Gasteiger partial charge on any atom is 0.119 e. The van der Waals surface area contributed by atoms with Crippen LogP contribution in [0.3, 0.4) is 0 Å². The fourth-order valence-corrected chi connectivity index (χ4v) is 1.83. The van der Waals surface area contributed by atoms with Gasteiger partial charge in [-0.15, -0.1) is 0 Å². The maximum atomic E-state index is 5.80. The van der Waals surface area contributed by atoms with Crippen molar-refractivity contribution >= 4 is 11.6 Å². The van der Waals surface area contributed by atoms with Gasteiger partial charge in [-0.05, 0) is 56.6 Å². The molecule has 0 amide bonds. The van der Waals surface area contributed by atoms with Crippen molar-refractivity contribution in [2.75, 3.05) is 26.2 Å². The summed E-state index contributed by atoms with van der Waals surface area (Å²) < 4.78 is 5.58. The summed E-state index contributed by atoms with van der Waals surface area (Å²) in [6.07, 6.45) is 3.90. The summed E-state index contributed by atoms with van der Waals surface area (Å²) in [7, 11) is 0. The molecule has 1 fully saturated rings. The Kier molecular flexibility index (Phi) is 5.78. The number of rotatable bonds is 9. The molecule has 0 unspecified atom stereocenters. The van der Waals surface area contributed by atoms with E-state index in [-0.39, 0.29) is 0 Å². The smallest absolute Gasteiger partial charge is 0.119 e. The van der Waals surface area contributed by atoms with E-state index in [0.29, 0.717) is 6.61 Å². The van der Waals surface area contributed by atoms with E-state index in [1.165, 1.54) is 19.3 Å². The van der Waals surface area contributed by atoms with Crippen molar-refractivity contribution in [1.29, 1.82) is 0 Å². The molecule has 0 saturated heterocycles. The summed E-state index contributed by atoms with van der Waals surface area (Å²) in [4.78, 5) is 0. The number of benzene rings is 1. The molecule has 0 atom stereocenters. The molecule has 0 aliphatic heterocycles. The third-order valence-corrected chi connectivity index (χ3v) is 3.15. The van der Waals surface area contributed by atoms with Crippen molar-refractivity contribution < 1.29 is 4.74 Å². The second-order valence-corrected chi connectivity index (χ2v) is 5.07. The van der Waals surface area contributed by atoms with E-state index in [9.17, 15) is 0 Å². The van der Waals surface area contributed by atoms with Gasteiger partial charge in [-0.25, -0.2) is 0 Å². The third-order valence-electron chi connectivity index (χ3n) is 2.90. The molecule has 0 bridgehead atoms. The van der Waals surface area contributed by atoms with E-state index in [2.05, 4.69) is 10.6 Å². The van der Waals surface area contributed by atoms with Gasteiger partial charge in [0.1, 0.15) is 12.4 Å². The molecule has 0 heterocycles. The first kappa shape index (κ1) is 13.7. The van der Waals surface area contributed by atoms with E-state index in [1.54, 1.807) is 0 Å². The third kappa shape index (κ3) is 5.71. The predicted octanol–water partition coefficient (Wildman–Crippen LogP) is 2.45. The van der Waals surface area contributed by atoms with Crippen LogP contribution in [-0.4, -0.2) is 32.3 Å². The van der Waals surface area contributed by atoms with Crippen LogP contribution in [0.5, 0.6) is 5.75 Å². The summed E-state index contributed by atoms with van der Waals surface area (Å²) >= 11 is 5.80. The molecule has 1 saturated carbocycles.